The fourth-order valence-electron chi connectivity index (χ4n) is 3.36. The third-order valence-corrected chi connectivity index (χ3v) is 4.89. The number of methoxy groups -OCH3 is 1. The van der Waals surface area contributed by atoms with Gasteiger partial charge in [-0.2, -0.15) is 0 Å². The highest BCUT2D eigenvalue weighted by Crippen LogP contribution is 2.38. The summed E-state index contributed by atoms with van der Waals surface area (Å²) in [6.07, 6.45) is 1.64. The van der Waals surface area contributed by atoms with Gasteiger partial charge < -0.3 is 25.6 Å². The molecule has 4 aromatic rings. The number of anilines is 2. The second-order valence-corrected chi connectivity index (χ2v) is 6.92. The van der Waals surface area contributed by atoms with Crippen LogP contribution in [0.15, 0.2) is 72.9 Å². The number of nitrogens with one attached hydrogen (secondary N) is 2. The molecule has 0 saturated heterocycles. The number of benzene rings is 3. The number of rotatable bonds is 5. The van der Waals surface area contributed by atoms with E-state index >= 15 is 0 Å². The minimum absolute atomic E-state index is 0.119. The number of carboxylic acid groups (broad SMARTS) is 1. The van der Waals surface area contributed by atoms with E-state index in [1.165, 1.54) is 31.4 Å². The summed E-state index contributed by atoms with van der Waals surface area (Å²) in [5, 5.41) is 26.0. The van der Waals surface area contributed by atoms with E-state index in [-0.39, 0.29) is 11.3 Å². The zero-order valence-corrected chi connectivity index (χ0v) is 17.0. The Balaban J connectivity index is 1.52. The highest BCUT2D eigenvalue weighted by atomic mass is 16.5. The molecule has 0 aliphatic rings. The van der Waals surface area contributed by atoms with Crippen LogP contribution in [-0.4, -0.2) is 34.3 Å². The second kappa shape index (κ2) is 8.65. The molecule has 0 aliphatic carbocycles. The van der Waals surface area contributed by atoms with E-state index in [9.17, 15) is 14.7 Å². The van der Waals surface area contributed by atoms with Crippen molar-refractivity contribution in [3.05, 3.63) is 78.5 Å². The summed E-state index contributed by atoms with van der Waals surface area (Å²) in [5.74, 6) is -0.492. The average Bonchev–Trinajstić information content (AvgIpc) is 2.79. The molecule has 1 heterocycles. The van der Waals surface area contributed by atoms with Crippen LogP contribution in [0.5, 0.6) is 11.6 Å². The third kappa shape index (κ3) is 4.15. The topological polar surface area (TPSA) is 121 Å². The van der Waals surface area contributed by atoms with Crippen molar-refractivity contribution in [1.29, 1.82) is 0 Å². The number of aromatic nitrogens is 1. The molecule has 32 heavy (non-hydrogen) atoms. The monoisotopic (exact) mass is 429 g/mol. The van der Waals surface area contributed by atoms with Crippen molar-refractivity contribution in [2.45, 2.75) is 0 Å². The lowest BCUT2D eigenvalue weighted by Gasteiger charge is -2.12. The molecule has 4 rings (SSSR count). The van der Waals surface area contributed by atoms with E-state index < -0.39 is 12.0 Å². The largest absolute Gasteiger partial charge is 0.507 e. The van der Waals surface area contributed by atoms with E-state index in [0.717, 1.165) is 11.1 Å². The zero-order chi connectivity index (χ0) is 22.7. The van der Waals surface area contributed by atoms with E-state index in [2.05, 4.69) is 15.6 Å². The number of pyridine rings is 1. The standard InChI is InChI=1S/C24H19N3O5/c1-32-22-18-3-2-4-20(28)21(18)19(13-25-22)14-5-9-16(10-6-14)26-24(31)27-17-11-7-15(8-12-17)23(29)30/h2-13,28H,1H3,(H,29,30)(H2,26,27,31). The summed E-state index contributed by atoms with van der Waals surface area (Å²) < 4.78 is 5.30. The molecule has 160 valence electrons. The van der Waals surface area contributed by atoms with Crippen molar-refractivity contribution in [1.82, 2.24) is 4.98 Å². The van der Waals surface area contributed by atoms with Crippen molar-refractivity contribution in [3.8, 4) is 22.8 Å². The van der Waals surface area contributed by atoms with Crippen molar-refractivity contribution in [2.75, 3.05) is 17.7 Å². The van der Waals surface area contributed by atoms with Gasteiger partial charge in [-0.05, 0) is 54.1 Å². The van der Waals surface area contributed by atoms with E-state index in [1.807, 2.05) is 18.2 Å². The van der Waals surface area contributed by atoms with Crippen LogP contribution in [0.2, 0.25) is 0 Å². The van der Waals surface area contributed by atoms with Gasteiger partial charge in [0.2, 0.25) is 5.88 Å². The molecule has 0 saturated carbocycles. The number of hydrogen-bond acceptors (Lipinski definition) is 5. The summed E-state index contributed by atoms with van der Waals surface area (Å²) in [7, 11) is 1.53. The van der Waals surface area contributed by atoms with Crippen LogP contribution in [0.1, 0.15) is 10.4 Å². The Kier molecular flexibility index (Phi) is 5.59. The Bertz CT molecular complexity index is 1300. The molecule has 3 aromatic carbocycles. The smallest absolute Gasteiger partial charge is 0.335 e. The van der Waals surface area contributed by atoms with Crippen molar-refractivity contribution >= 4 is 34.1 Å². The first-order valence-corrected chi connectivity index (χ1v) is 9.63. The molecule has 8 heteroatoms. The fourth-order valence-corrected chi connectivity index (χ4v) is 3.36. The van der Waals surface area contributed by atoms with Gasteiger partial charge in [-0.3, -0.25) is 0 Å². The lowest BCUT2D eigenvalue weighted by molar-refractivity contribution is 0.0697. The normalized spacial score (nSPS) is 10.5. The molecular weight excluding hydrogens is 410 g/mol. The maximum atomic E-state index is 12.3. The van der Waals surface area contributed by atoms with Crippen LogP contribution in [0.25, 0.3) is 21.9 Å². The predicted molar refractivity (Wildman–Crippen MR) is 121 cm³/mol. The van der Waals surface area contributed by atoms with Crippen molar-refractivity contribution in [2.24, 2.45) is 0 Å². The van der Waals surface area contributed by atoms with Gasteiger partial charge in [0, 0.05) is 33.9 Å². The first-order valence-electron chi connectivity index (χ1n) is 9.63. The molecule has 0 radical (unpaired) electrons. The maximum absolute atomic E-state index is 12.3. The first-order chi connectivity index (χ1) is 15.5. The first kappa shape index (κ1) is 20.7. The number of carboxylic acids is 1. The van der Waals surface area contributed by atoms with Crippen molar-refractivity contribution < 1.29 is 24.5 Å². The lowest BCUT2D eigenvalue weighted by atomic mass is 9.99. The molecule has 0 bridgehead atoms. The number of phenolic OH excluding ortho intramolecular Hbond substituents is 1. The number of fused-ring (bicyclic) bond motifs is 1. The van der Waals surface area contributed by atoms with E-state index in [0.29, 0.717) is 28.0 Å². The molecule has 0 spiro atoms. The fraction of sp³-hybridized carbons (Fsp3) is 0.0417. The van der Waals surface area contributed by atoms with E-state index in [1.54, 1.807) is 30.5 Å². The predicted octanol–water partition coefficient (Wildman–Crippen LogP) is 4.96. The van der Waals surface area contributed by atoms with Gasteiger partial charge in [-0.1, -0.05) is 18.2 Å². The quantitative estimate of drug-likeness (QED) is 0.356. The molecular formula is C24H19N3O5. The van der Waals surface area contributed by atoms with Gasteiger partial charge in [0.05, 0.1) is 12.7 Å². The molecule has 0 unspecified atom stereocenters. The average molecular weight is 429 g/mol. The Morgan fingerprint density at radius 1 is 0.906 bits per heavy atom. The molecule has 1 aromatic heterocycles. The molecule has 2 amide bonds. The second-order valence-electron chi connectivity index (χ2n) is 6.92. The Labute approximate surface area is 183 Å². The summed E-state index contributed by atoms with van der Waals surface area (Å²) in [4.78, 5) is 27.5. The molecule has 0 fully saturated rings. The van der Waals surface area contributed by atoms with Crippen LogP contribution < -0.4 is 15.4 Å². The number of amides is 2. The van der Waals surface area contributed by atoms with Crippen LogP contribution in [-0.2, 0) is 0 Å². The number of nitrogens with zero attached hydrogens (tertiary/aromatic N) is 1. The Hall–Kier alpha value is -4.59. The number of aromatic carboxylic acids is 1. The molecule has 0 aliphatic heterocycles. The van der Waals surface area contributed by atoms with Gasteiger partial charge in [-0.15, -0.1) is 0 Å². The highest BCUT2D eigenvalue weighted by molar-refractivity contribution is 6.03. The van der Waals surface area contributed by atoms with Crippen molar-refractivity contribution in [3.63, 3.8) is 0 Å². The zero-order valence-electron chi connectivity index (χ0n) is 17.0. The number of carbonyl (C=O) groups is 2. The van der Waals surface area contributed by atoms with Crippen LogP contribution >= 0.6 is 0 Å². The molecule has 8 nitrogen and oxygen atoms in total. The van der Waals surface area contributed by atoms with Crippen LogP contribution in [0.4, 0.5) is 16.2 Å². The maximum Gasteiger partial charge on any atom is 0.335 e. The molecule has 4 N–H and O–H groups in total. The van der Waals surface area contributed by atoms with Gasteiger partial charge in [-0.25, -0.2) is 14.6 Å². The van der Waals surface area contributed by atoms with Crippen LogP contribution in [0, 0.1) is 0 Å². The summed E-state index contributed by atoms with van der Waals surface area (Å²) in [6, 6.07) is 17.6. The number of carbonyl (C=O) groups excluding carboxylic acids is 1. The Morgan fingerprint density at radius 2 is 1.53 bits per heavy atom. The Morgan fingerprint density at radius 3 is 2.12 bits per heavy atom. The van der Waals surface area contributed by atoms with Crippen LogP contribution in [0.3, 0.4) is 0 Å². The number of aromatic hydroxyl groups is 1. The van der Waals surface area contributed by atoms with Gasteiger partial charge >= 0.3 is 12.0 Å². The SMILES string of the molecule is COc1ncc(-c2ccc(NC(=O)Nc3ccc(C(=O)O)cc3)cc2)c2c(O)cccc12. The minimum Gasteiger partial charge on any atom is -0.507 e. The van der Waals surface area contributed by atoms with Gasteiger partial charge in [0.25, 0.3) is 0 Å². The number of ether oxygens (including phenoxy) is 1. The molecule has 0 atom stereocenters. The number of phenols is 1. The van der Waals surface area contributed by atoms with Gasteiger partial charge in [0.15, 0.2) is 0 Å². The summed E-state index contributed by atoms with van der Waals surface area (Å²) in [6.45, 7) is 0. The summed E-state index contributed by atoms with van der Waals surface area (Å²) in [5.41, 5.74) is 2.70. The highest BCUT2D eigenvalue weighted by Gasteiger charge is 2.13. The van der Waals surface area contributed by atoms with E-state index in [4.69, 9.17) is 9.84 Å². The van der Waals surface area contributed by atoms with Gasteiger partial charge in [0.1, 0.15) is 5.75 Å². The summed E-state index contributed by atoms with van der Waals surface area (Å²) >= 11 is 0. The lowest BCUT2D eigenvalue weighted by Crippen LogP contribution is -2.19. The third-order valence-electron chi connectivity index (χ3n) is 4.89. The minimum atomic E-state index is -1.03. The number of urea groups is 1. The number of hydrogen-bond donors (Lipinski definition) is 4.